The van der Waals surface area contributed by atoms with Crippen LogP contribution in [0.15, 0.2) is 46.9 Å². The number of rotatable bonds is 1. The van der Waals surface area contributed by atoms with Crippen LogP contribution in [0.1, 0.15) is 5.56 Å². The third-order valence-corrected chi connectivity index (χ3v) is 2.98. The van der Waals surface area contributed by atoms with Crippen LogP contribution in [0.3, 0.4) is 0 Å². The summed E-state index contributed by atoms with van der Waals surface area (Å²) in [5, 5.41) is 9.67. The van der Waals surface area contributed by atoms with Crippen molar-refractivity contribution in [3.8, 4) is 16.9 Å². The highest BCUT2D eigenvalue weighted by Gasteiger charge is 2.30. The molecular formula is C13H8BrF3O. The molecule has 0 radical (unpaired) electrons. The Morgan fingerprint density at radius 3 is 2.11 bits per heavy atom. The quantitative estimate of drug-likeness (QED) is 0.798. The third kappa shape index (κ3) is 2.67. The zero-order chi connectivity index (χ0) is 13.3. The van der Waals surface area contributed by atoms with Crippen molar-refractivity contribution >= 4 is 15.9 Å². The summed E-state index contributed by atoms with van der Waals surface area (Å²) in [6, 6.07) is 9.46. The Hall–Kier alpha value is -1.49. The molecule has 0 saturated carbocycles. The van der Waals surface area contributed by atoms with Crippen molar-refractivity contribution < 1.29 is 18.3 Å². The molecule has 0 aliphatic heterocycles. The van der Waals surface area contributed by atoms with Crippen LogP contribution in [0, 0.1) is 0 Å². The minimum Gasteiger partial charge on any atom is -0.507 e. The first-order valence-corrected chi connectivity index (χ1v) is 5.83. The predicted molar refractivity (Wildman–Crippen MR) is 66.2 cm³/mol. The van der Waals surface area contributed by atoms with Crippen LogP contribution in [0.25, 0.3) is 11.1 Å². The van der Waals surface area contributed by atoms with Gasteiger partial charge in [-0.3, -0.25) is 0 Å². The van der Waals surface area contributed by atoms with Crippen molar-refractivity contribution in [1.29, 1.82) is 0 Å². The Morgan fingerprint density at radius 2 is 1.56 bits per heavy atom. The number of halogens is 4. The lowest BCUT2D eigenvalue weighted by atomic mass is 10.0. The van der Waals surface area contributed by atoms with Gasteiger partial charge >= 0.3 is 6.18 Å². The lowest BCUT2D eigenvalue weighted by Crippen LogP contribution is -2.03. The van der Waals surface area contributed by atoms with Gasteiger partial charge in [-0.05, 0) is 35.9 Å². The molecule has 18 heavy (non-hydrogen) atoms. The summed E-state index contributed by atoms with van der Waals surface area (Å²) in [6.07, 6.45) is -4.35. The molecule has 5 heteroatoms. The SMILES string of the molecule is Oc1ccc(Br)cc1-c1ccc(C(F)(F)F)cc1. The van der Waals surface area contributed by atoms with Crippen molar-refractivity contribution in [2.24, 2.45) is 0 Å². The van der Waals surface area contributed by atoms with Gasteiger partial charge in [0.25, 0.3) is 0 Å². The van der Waals surface area contributed by atoms with E-state index in [1.807, 2.05) is 0 Å². The van der Waals surface area contributed by atoms with Crippen molar-refractivity contribution in [2.45, 2.75) is 6.18 Å². The van der Waals surface area contributed by atoms with Crippen LogP contribution in [-0.2, 0) is 6.18 Å². The van der Waals surface area contributed by atoms with Crippen molar-refractivity contribution in [1.82, 2.24) is 0 Å². The second-order valence-electron chi connectivity index (χ2n) is 3.74. The summed E-state index contributed by atoms with van der Waals surface area (Å²) in [5.74, 6) is 0.0259. The van der Waals surface area contributed by atoms with E-state index in [4.69, 9.17) is 0 Å². The van der Waals surface area contributed by atoms with Gasteiger partial charge in [0, 0.05) is 10.0 Å². The van der Waals surface area contributed by atoms with E-state index in [1.54, 1.807) is 12.1 Å². The summed E-state index contributed by atoms with van der Waals surface area (Å²) in [4.78, 5) is 0. The van der Waals surface area contributed by atoms with E-state index >= 15 is 0 Å². The fraction of sp³-hybridized carbons (Fsp3) is 0.0769. The summed E-state index contributed by atoms with van der Waals surface area (Å²) in [5.41, 5.74) is 0.306. The Morgan fingerprint density at radius 1 is 0.944 bits per heavy atom. The van der Waals surface area contributed by atoms with E-state index in [0.717, 1.165) is 16.6 Å². The molecule has 0 amide bonds. The molecule has 0 spiro atoms. The van der Waals surface area contributed by atoms with Crippen LogP contribution in [0.4, 0.5) is 13.2 Å². The average molecular weight is 317 g/mol. The number of alkyl halides is 3. The highest BCUT2D eigenvalue weighted by Crippen LogP contribution is 2.34. The Kier molecular flexibility index (Phi) is 3.34. The van der Waals surface area contributed by atoms with Gasteiger partial charge in [-0.15, -0.1) is 0 Å². The first-order chi connectivity index (χ1) is 8.38. The lowest BCUT2D eigenvalue weighted by molar-refractivity contribution is -0.137. The second kappa shape index (κ2) is 4.65. The number of phenols is 1. The van der Waals surface area contributed by atoms with E-state index in [2.05, 4.69) is 15.9 Å². The van der Waals surface area contributed by atoms with Gasteiger partial charge in [-0.1, -0.05) is 28.1 Å². The maximum absolute atomic E-state index is 12.4. The van der Waals surface area contributed by atoms with Gasteiger partial charge in [-0.25, -0.2) is 0 Å². The van der Waals surface area contributed by atoms with E-state index < -0.39 is 11.7 Å². The topological polar surface area (TPSA) is 20.2 Å². The molecule has 2 rings (SSSR count). The Bertz CT molecular complexity index is 561. The molecule has 0 fully saturated rings. The van der Waals surface area contributed by atoms with Gasteiger partial charge < -0.3 is 5.11 Å². The molecule has 0 aliphatic carbocycles. The van der Waals surface area contributed by atoms with Gasteiger partial charge in [-0.2, -0.15) is 13.2 Å². The van der Waals surface area contributed by atoms with Crippen LogP contribution in [0.5, 0.6) is 5.75 Å². The minimum absolute atomic E-state index is 0.0259. The van der Waals surface area contributed by atoms with E-state index in [9.17, 15) is 18.3 Å². The Balaban J connectivity index is 2.43. The van der Waals surface area contributed by atoms with Gasteiger partial charge in [0.1, 0.15) is 5.75 Å². The van der Waals surface area contributed by atoms with Crippen LogP contribution >= 0.6 is 15.9 Å². The standard InChI is InChI=1S/C13H8BrF3O/c14-10-5-6-12(18)11(7-10)8-1-3-9(4-2-8)13(15,16)17/h1-7,18H. The molecule has 0 atom stereocenters. The van der Waals surface area contributed by atoms with Gasteiger partial charge in [0.15, 0.2) is 0 Å². The average Bonchev–Trinajstić information content (AvgIpc) is 2.31. The van der Waals surface area contributed by atoms with Crippen LogP contribution in [0.2, 0.25) is 0 Å². The molecular weight excluding hydrogens is 309 g/mol. The zero-order valence-electron chi connectivity index (χ0n) is 9.00. The van der Waals surface area contributed by atoms with Crippen LogP contribution in [-0.4, -0.2) is 5.11 Å². The smallest absolute Gasteiger partial charge is 0.416 e. The summed E-state index contributed by atoms with van der Waals surface area (Å²) < 4.78 is 38.0. The van der Waals surface area contributed by atoms with E-state index in [1.165, 1.54) is 18.2 Å². The number of hydrogen-bond donors (Lipinski definition) is 1. The van der Waals surface area contributed by atoms with E-state index in [-0.39, 0.29) is 5.75 Å². The number of aromatic hydroxyl groups is 1. The monoisotopic (exact) mass is 316 g/mol. The highest BCUT2D eigenvalue weighted by atomic mass is 79.9. The molecule has 0 aromatic heterocycles. The summed E-state index contributed by atoms with van der Waals surface area (Å²) >= 11 is 3.25. The highest BCUT2D eigenvalue weighted by molar-refractivity contribution is 9.10. The molecule has 0 aliphatic rings. The summed E-state index contributed by atoms with van der Waals surface area (Å²) in [6.45, 7) is 0. The normalized spacial score (nSPS) is 11.6. The van der Waals surface area contributed by atoms with Crippen LogP contribution < -0.4 is 0 Å². The molecule has 2 aromatic rings. The largest absolute Gasteiger partial charge is 0.507 e. The first-order valence-electron chi connectivity index (χ1n) is 5.04. The fourth-order valence-corrected chi connectivity index (χ4v) is 1.94. The Labute approximate surface area is 110 Å². The molecule has 1 N–H and O–H groups in total. The van der Waals surface area contributed by atoms with Crippen molar-refractivity contribution in [3.05, 3.63) is 52.5 Å². The molecule has 94 valence electrons. The van der Waals surface area contributed by atoms with Crippen molar-refractivity contribution in [3.63, 3.8) is 0 Å². The van der Waals surface area contributed by atoms with Gasteiger partial charge in [0.2, 0.25) is 0 Å². The number of benzene rings is 2. The van der Waals surface area contributed by atoms with E-state index in [0.29, 0.717) is 11.1 Å². The zero-order valence-corrected chi connectivity index (χ0v) is 10.6. The molecule has 0 unspecified atom stereocenters. The summed E-state index contributed by atoms with van der Waals surface area (Å²) in [7, 11) is 0. The molecule has 0 bridgehead atoms. The fourth-order valence-electron chi connectivity index (χ4n) is 1.58. The molecule has 2 aromatic carbocycles. The van der Waals surface area contributed by atoms with Crippen molar-refractivity contribution in [2.75, 3.05) is 0 Å². The maximum atomic E-state index is 12.4. The molecule has 0 heterocycles. The van der Waals surface area contributed by atoms with Gasteiger partial charge in [0.05, 0.1) is 5.56 Å². The molecule has 1 nitrogen and oxygen atoms in total. The predicted octanol–water partition coefficient (Wildman–Crippen LogP) is 4.84. The maximum Gasteiger partial charge on any atom is 0.416 e. The number of hydrogen-bond acceptors (Lipinski definition) is 1. The third-order valence-electron chi connectivity index (χ3n) is 2.48. The minimum atomic E-state index is -4.35. The first kappa shape index (κ1) is 13.0. The lowest BCUT2D eigenvalue weighted by Gasteiger charge is -2.09. The second-order valence-corrected chi connectivity index (χ2v) is 4.65. The number of phenolic OH excluding ortho intramolecular Hbond substituents is 1. The molecule has 0 saturated heterocycles.